The van der Waals surface area contributed by atoms with E-state index in [-0.39, 0.29) is 17.2 Å². The highest BCUT2D eigenvalue weighted by molar-refractivity contribution is 7.81. The van der Waals surface area contributed by atoms with E-state index in [9.17, 15) is 9.59 Å². The molecule has 1 aromatic rings. The number of carbonyl (C=O) groups excluding carboxylic acids is 2. The Bertz CT molecular complexity index is 439. The third-order valence-corrected chi connectivity index (χ3v) is 2.66. The first-order valence-electron chi connectivity index (χ1n) is 5.11. The summed E-state index contributed by atoms with van der Waals surface area (Å²) in [6, 6.07) is 7.86. The lowest BCUT2D eigenvalue weighted by atomic mass is 10.2. The van der Waals surface area contributed by atoms with Crippen molar-refractivity contribution < 1.29 is 14.3 Å². The number of benzene rings is 1. The standard InChI is InChI=1S/C6H4O.C5H8N2O2S/c1-2-5-4-6(3-1)7-5;1-3(8)6-7-4(9)2-5(7)10/h1-4H;5,10H,2H2,1H3,(H,6,8)/t;5-/m.1/s1. The highest BCUT2D eigenvalue weighted by Gasteiger charge is 2.33. The van der Waals surface area contributed by atoms with Crippen LogP contribution in [0.5, 0.6) is 11.5 Å². The van der Waals surface area contributed by atoms with Gasteiger partial charge in [-0.05, 0) is 12.1 Å². The van der Waals surface area contributed by atoms with Gasteiger partial charge in [0.05, 0.1) is 6.42 Å². The van der Waals surface area contributed by atoms with E-state index in [0.717, 1.165) is 11.5 Å². The SMILES string of the molecule is CC(=O)NN1C(=O)C[C@H]1S.c1cc2cc(c1)O2. The Labute approximate surface area is 104 Å². The molecule has 3 heterocycles. The Morgan fingerprint density at radius 2 is 2.12 bits per heavy atom. The summed E-state index contributed by atoms with van der Waals surface area (Å²) in [4.78, 5) is 21.0. The smallest absolute Gasteiger partial charge is 0.245 e. The van der Waals surface area contributed by atoms with Crippen LogP contribution in [0.3, 0.4) is 0 Å². The molecule has 17 heavy (non-hydrogen) atoms. The highest BCUT2D eigenvalue weighted by Crippen LogP contribution is 2.32. The van der Waals surface area contributed by atoms with Gasteiger partial charge in [0, 0.05) is 13.0 Å². The summed E-state index contributed by atoms with van der Waals surface area (Å²) in [5, 5.41) is 1.07. The zero-order valence-corrected chi connectivity index (χ0v) is 10.1. The van der Waals surface area contributed by atoms with E-state index in [4.69, 9.17) is 4.74 Å². The molecule has 1 N–H and O–H groups in total. The van der Waals surface area contributed by atoms with Gasteiger partial charge in [-0.1, -0.05) is 6.07 Å². The zero-order valence-electron chi connectivity index (χ0n) is 9.21. The van der Waals surface area contributed by atoms with Gasteiger partial charge >= 0.3 is 0 Å². The van der Waals surface area contributed by atoms with Crippen molar-refractivity contribution in [2.75, 3.05) is 0 Å². The van der Waals surface area contributed by atoms with Gasteiger partial charge in [-0.2, -0.15) is 12.6 Å². The summed E-state index contributed by atoms with van der Waals surface area (Å²) in [6.45, 7) is 1.35. The minimum atomic E-state index is -0.243. The number of rotatable bonds is 1. The van der Waals surface area contributed by atoms with E-state index >= 15 is 0 Å². The van der Waals surface area contributed by atoms with Crippen LogP contribution in [0.15, 0.2) is 24.3 Å². The van der Waals surface area contributed by atoms with Gasteiger partial charge in [0.25, 0.3) is 0 Å². The summed E-state index contributed by atoms with van der Waals surface area (Å²) in [5.74, 6) is 1.64. The quantitative estimate of drug-likeness (QED) is 0.594. The van der Waals surface area contributed by atoms with Crippen LogP contribution in [0.25, 0.3) is 0 Å². The van der Waals surface area contributed by atoms with Crippen LogP contribution in [-0.4, -0.2) is 22.2 Å². The zero-order chi connectivity index (χ0) is 12.4. The molecule has 6 heteroatoms. The first-order valence-corrected chi connectivity index (χ1v) is 5.63. The van der Waals surface area contributed by atoms with Gasteiger partial charge in [-0.3, -0.25) is 15.0 Å². The molecule has 0 aliphatic carbocycles. The Hall–Kier alpha value is -1.69. The van der Waals surface area contributed by atoms with E-state index in [1.54, 1.807) is 0 Å². The van der Waals surface area contributed by atoms with Crippen molar-refractivity contribution in [3.63, 3.8) is 0 Å². The predicted molar refractivity (Wildman–Crippen MR) is 64.6 cm³/mol. The van der Waals surface area contributed by atoms with Gasteiger partial charge in [0.1, 0.15) is 16.9 Å². The van der Waals surface area contributed by atoms with Crippen molar-refractivity contribution in [1.29, 1.82) is 0 Å². The Morgan fingerprint density at radius 3 is 2.29 bits per heavy atom. The number of nitrogens with one attached hydrogen (secondary N) is 1. The second-order valence-electron chi connectivity index (χ2n) is 3.69. The maximum Gasteiger partial charge on any atom is 0.245 e. The fourth-order valence-electron chi connectivity index (χ4n) is 1.39. The number of ether oxygens (including phenoxy) is 1. The molecule has 0 spiro atoms. The van der Waals surface area contributed by atoms with Gasteiger partial charge in [0.2, 0.25) is 11.8 Å². The van der Waals surface area contributed by atoms with Crippen molar-refractivity contribution in [1.82, 2.24) is 10.4 Å². The molecule has 1 fully saturated rings. The molecule has 1 saturated heterocycles. The predicted octanol–water partition coefficient (Wildman–Crippen LogP) is 1.32. The van der Waals surface area contributed by atoms with E-state index < -0.39 is 0 Å². The van der Waals surface area contributed by atoms with Crippen molar-refractivity contribution in [3.8, 4) is 11.5 Å². The fraction of sp³-hybridized carbons (Fsp3) is 0.273. The normalized spacial score (nSPS) is 19.1. The number of fused-ring (bicyclic) bond motifs is 2. The molecule has 1 atom stereocenters. The molecule has 4 rings (SSSR count). The number of β-lactam (4-membered cyclic amide) rings is 1. The number of carbonyl (C=O) groups is 2. The van der Waals surface area contributed by atoms with E-state index in [1.165, 1.54) is 11.9 Å². The molecule has 0 aromatic heterocycles. The lowest BCUT2D eigenvalue weighted by Gasteiger charge is -2.36. The third-order valence-electron chi connectivity index (χ3n) is 2.24. The average Bonchev–Trinajstić information content (AvgIpc) is 2.27. The first-order chi connectivity index (χ1) is 8.06. The maximum atomic E-state index is 10.6. The van der Waals surface area contributed by atoms with E-state index in [0.29, 0.717) is 6.42 Å². The second kappa shape index (κ2) is 4.67. The lowest BCUT2D eigenvalue weighted by Crippen LogP contribution is -2.58. The van der Waals surface area contributed by atoms with Crippen LogP contribution in [0.4, 0.5) is 0 Å². The molecule has 3 aliphatic rings. The number of thiol groups is 1. The summed E-state index contributed by atoms with van der Waals surface area (Å²) in [7, 11) is 0. The van der Waals surface area contributed by atoms with Gasteiger partial charge < -0.3 is 4.74 Å². The molecule has 0 saturated carbocycles. The summed E-state index contributed by atoms with van der Waals surface area (Å²) in [5.41, 5.74) is 2.35. The van der Waals surface area contributed by atoms with Crippen LogP contribution in [-0.2, 0) is 9.59 Å². The molecule has 0 radical (unpaired) electrons. The van der Waals surface area contributed by atoms with Crippen molar-refractivity contribution >= 4 is 24.4 Å². The lowest BCUT2D eigenvalue weighted by molar-refractivity contribution is -0.151. The summed E-state index contributed by atoms with van der Waals surface area (Å²) < 4.78 is 5.01. The van der Waals surface area contributed by atoms with Crippen LogP contribution >= 0.6 is 12.6 Å². The van der Waals surface area contributed by atoms with Crippen LogP contribution in [0.2, 0.25) is 0 Å². The Kier molecular flexibility index (Phi) is 3.23. The highest BCUT2D eigenvalue weighted by atomic mass is 32.1. The largest absolute Gasteiger partial charge is 0.457 e. The monoisotopic (exact) mass is 252 g/mol. The molecule has 2 bridgehead atoms. The van der Waals surface area contributed by atoms with Crippen molar-refractivity contribution in [2.24, 2.45) is 0 Å². The molecular formula is C11H12N2O3S. The Morgan fingerprint density at radius 1 is 1.53 bits per heavy atom. The third kappa shape index (κ3) is 2.71. The van der Waals surface area contributed by atoms with Gasteiger partial charge in [-0.15, -0.1) is 0 Å². The van der Waals surface area contributed by atoms with Crippen molar-refractivity contribution in [2.45, 2.75) is 18.7 Å². The fourth-order valence-corrected chi connectivity index (χ4v) is 1.73. The molecule has 1 aromatic carbocycles. The molecular weight excluding hydrogens is 240 g/mol. The summed E-state index contributed by atoms with van der Waals surface area (Å²) in [6.07, 6.45) is 0.406. The van der Waals surface area contributed by atoms with E-state index in [1.807, 2.05) is 24.3 Å². The molecule has 0 unspecified atom stereocenters. The number of nitrogens with zero attached hydrogens (tertiary/aromatic N) is 1. The minimum absolute atomic E-state index is 0.0878. The number of hydrazine groups is 1. The van der Waals surface area contributed by atoms with Crippen molar-refractivity contribution in [3.05, 3.63) is 24.3 Å². The Balaban J connectivity index is 0.000000134. The topological polar surface area (TPSA) is 58.6 Å². The first kappa shape index (κ1) is 11.8. The second-order valence-corrected chi connectivity index (χ2v) is 4.29. The van der Waals surface area contributed by atoms with Gasteiger partial charge in [0.15, 0.2) is 0 Å². The molecule has 2 amide bonds. The minimum Gasteiger partial charge on any atom is -0.457 e. The van der Waals surface area contributed by atoms with Crippen LogP contribution in [0.1, 0.15) is 13.3 Å². The molecule has 90 valence electrons. The molecule has 5 nitrogen and oxygen atoms in total. The van der Waals surface area contributed by atoms with Crippen LogP contribution in [0, 0.1) is 0 Å². The number of hydrogen-bond donors (Lipinski definition) is 2. The molecule has 3 aliphatic heterocycles. The van der Waals surface area contributed by atoms with Crippen LogP contribution < -0.4 is 10.2 Å². The number of hydrogen-bond acceptors (Lipinski definition) is 4. The summed E-state index contributed by atoms with van der Waals surface area (Å²) >= 11 is 4.00. The van der Waals surface area contributed by atoms with E-state index in [2.05, 4.69) is 18.1 Å². The number of amides is 2. The van der Waals surface area contributed by atoms with Gasteiger partial charge in [-0.25, -0.2) is 5.01 Å². The average molecular weight is 252 g/mol. The maximum absolute atomic E-state index is 10.6.